The maximum Gasteiger partial charge on any atom is 0.251 e. The molecule has 0 saturated heterocycles. The number of carbonyl (C=O) groups is 1. The fourth-order valence-electron chi connectivity index (χ4n) is 2.62. The van der Waals surface area contributed by atoms with E-state index in [4.69, 9.17) is 0 Å². The molecular weight excluding hydrogens is 242 g/mol. The Kier molecular flexibility index (Phi) is 3.01. The number of amides is 1. The SMILES string of the molecule is Cc1ccc(S)cc1C(=O)NC1C(C)(C)C1(C)C. The fourth-order valence-corrected chi connectivity index (χ4v) is 2.82. The summed E-state index contributed by atoms with van der Waals surface area (Å²) in [5.41, 5.74) is 2.03. The first-order valence-corrected chi connectivity index (χ1v) is 6.73. The van der Waals surface area contributed by atoms with Gasteiger partial charge in [-0.15, -0.1) is 12.6 Å². The van der Waals surface area contributed by atoms with E-state index in [0.717, 1.165) is 16.0 Å². The molecule has 1 aliphatic carbocycles. The molecule has 0 aromatic heterocycles. The van der Waals surface area contributed by atoms with Crippen molar-refractivity contribution >= 4 is 18.5 Å². The molecule has 18 heavy (non-hydrogen) atoms. The van der Waals surface area contributed by atoms with Gasteiger partial charge in [-0.05, 0) is 35.4 Å². The van der Waals surface area contributed by atoms with Gasteiger partial charge in [0.1, 0.15) is 0 Å². The third-order valence-corrected chi connectivity index (χ3v) is 5.04. The summed E-state index contributed by atoms with van der Waals surface area (Å²) in [5, 5.41) is 3.15. The molecule has 3 heteroatoms. The molecule has 1 saturated carbocycles. The smallest absolute Gasteiger partial charge is 0.251 e. The van der Waals surface area contributed by atoms with E-state index in [1.807, 2.05) is 25.1 Å². The van der Waals surface area contributed by atoms with Crippen LogP contribution in [0.3, 0.4) is 0 Å². The van der Waals surface area contributed by atoms with E-state index in [9.17, 15) is 4.79 Å². The highest BCUT2D eigenvalue weighted by Gasteiger charge is 2.65. The number of nitrogens with one attached hydrogen (secondary N) is 1. The van der Waals surface area contributed by atoms with Gasteiger partial charge in [0.25, 0.3) is 5.91 Å². The topological polar surface area (TPSA) is 29.1 Å². The molecule has 1 N–H and O–H groups in total. The molecule has 98 valence electrons. The number of benzene rings is 1. The number of rotatable bonds is 2. The average Bonchev–Trinajstić information content (AvgIpc) is 2.64. The molecule has 2 rings (SSSR count). The van der Waals surface area contributed by atoms with Gasteiger partial charge < -0.3 is 5.32 Å². The highest BCUT2D eigenvalue weighted by molar-refractivity contribution is 7.80. The molecule has 1 aromatic carbocycles. The standard InChI is InChI=1S/C15H21NOS/c1-9-6-7-10(18)8-11(9)12(17)16-13-14(2,3)15(13,4)5/h6-8,13,18H,1-5H3,(H,16,17). The van der Waals surface area contributed by atoms with Gasteiger partial charge in [-0.3, -0.25) is 4.79 Å². The van der Waals surface area contributed by atoms with Crippen LogP contribution in [0.25, 0.3) is 0 Å². The molecule has 0 radical (unpaired) electrons. The molecule has 0 aliphatic heterocycles. The predicted molar refractivity (Wildman–Crippen MR) is 77.2 cm³/mol. The lowest BCUT2D eigenvalue weighted by atomic mass is 10.0. The van der Waals surface area contributed by atoms with Gasteiger partial charge >= 0.3 is 0 Å². The van der Waals surface area contributed by atoms with E-state index < -0.39 is 0 Å². The summed E-state index contributed by atoms with van der Waals surface area (Å²) >= 11 is 4.29. The quantitative estimate of drug-likeness (QED) is 0.786. The Balaban J connectivity index is 2.17. The minimum atomic E-state index is 0.00653. The van der Waals surface area contributed by atoms with Gasteiger partial charge in [-0.2, -0.15) is 0 Å². The van der Waals surface area contributed by atoms with E-state index in [-0.39, 0.29) is 22.8 Å². The van der Waals surface area contributed by atoms with E-state index >= 15 is 0 Å². The highest BCUT2D eigenvalue weighted by atomic mass is 32.1. The Bertz CT molecular complexity index is 491. The van der Waals surface area contributed by atoms with Gasteiger partial charge in [0.15, 0.2) is 0 Å². The molecule has 0 bridgehead atoms. The van der Waals surface area contributed by atoms with Crippen LogP contribution in [0.5, 0.6) is 0 Å². The van der Waals surface area contributed by atoms with Crippen molar-refractivity contribution in [2.75, 3.05) is 0 Å². The molecule has 1 fully saturated rings. The Morgan fingerprint density at radius 2 is 1.78 bits per heavy atom. The van der Waals surface area contributed by atoms with Gasteiger partial charge in [-0.25, -0.2) is 0 Å². The summed E-state index contributed by atoms with van der Waals surface area (Å²) in [6, 6.07) is 5.90. The molecule has 0 spiro atoms. The Labute approximate surface area is 115 Å². The molecule has 2 nitrogen and oxygen atoms in total. The first-order valence-electron chi connectivity index (χ1n) is 6.28. The Hall–Kier alpha value is -0.960. The predicted octanol–water partition coefficient (Wildman–Crippen LogP) is 3.45. The van der Waals surface area contributed by atoms with Crippen molar-refractivity contribution in [1.82, 2.24) is 5.32 Å². The summed E-state index contributed by atoms with van der Waals surface area (Å²) < 4.78 is 0. The van der Waals surface area contributed by atoms with Crippen LogP contribution in [-0.4, -0.2) is 11.9 Å². The third kappa shape index (κ3) is 1.95. The largest absolute Gasteiger partial charge is 0.348 e. The first kappa shape index (κ1) is 13.5. The molecule has 1 aromatic rings. The monoisotopic (exact) mass is 263 g/mol. The second-order valence-corrected chi connectivity index (χ2v) is 6.87. The second kappa shape index (κ2) is 4.02. The van der Waals surface area contributed by atoms with Crippen LogP contribution < -0.4 is 5.32 Å². The summed E-state index contributed by atoms with van der Waals surface area (Å²) in [7, 11) is 0. The van der Waals surface area contributed by atoms with Gasteiger partial charge in [0, 0.05) is 16.5 Å². The van der Waals surface area contributed by atoms with E-state index in [1.165, 1.54) is 0 Å². The lowest BCUT2D eigenvalue weighted by molar-refractivity contribution is 0.0943. The fraction of sp³-hybridized carbons (Fsp3) is 0.533. The molecule has 1 amide bonds. The van der Waals surface area contributed by atoms with Crippen molar-refractivity contribution in [1.29, 1.82) is 0 Å². The second-order valence-electron chi connectivity index (χ2n) is 6.35. The third-order valence-electron chi connectivity index (χ3n) is 4.76. The maximum atomic E-state index is 12.3. The number of carbonyl (C=O) groups excluding carboxylic acids is 1. The van der Waals surface area contributed by atoms with Gasteiger partial charge in [0.05, 0.1) is 0 Å². The van der Waals surface area contributed by atoms with Crippen LogP contribution in [-0.2, 0) is 0 Å². The Morgan fingerprint density at radius 3 is 2.28 bits per heavy atom. The van der Waals surface area contributed by atoms with Crippen molar-refractivity contribution in [3.63, 3.8) is 0 Å². The maximum absolute atomic E-state index is 12.3. The van der Waals surface area contributed by atoms with Crippen LogP contribution in [0.1, 0.15) is 43.6 Å². The van der Waals surface area contributed by atoms with Gasteiger partial charge in [0.2, 0.25) is 0 Å². The van der Waals surface area contributed by atoms with Crippen LogP contribution in [0, 0.1) is 17.8 Å². The number of hydrogen-bond donors (Lipinski definition) is 2. The number of thiol groups is 1. The van der Waals surface area contributed by atoms with E-state index in [2.05, 4.69) is 45.6 Å². The zero-order valence-corrected chi connectivity index (χ0v) is 12.6. The molecule has 1 aliphatic rings. The summed E-state index contributed by atoms with van der Waals surface area (Å²) in [4.78, 5) is 13.1. The summed E-state index contributed by atoms with van der Waals surface area (Å²) in [6.07, 6.45) is 0. The average molecular weight is 263 g/mol. The van der Waals surface area contributed by atoms with Crippen LogP contribution >= 0.6 is 12.6 Å². The number of hydrogen-bond acceptors (Lipinski definition) is 2. The molecule has 0 atom stereocenters. The van der Waals surface area contributed by atoms with Crippen molar-refractivity contribution in [3.05, 3.63) is 29.3 Å². The van der Waals surface area contributed by atoms with Crippen molar-refractivity contribution in [2.24, 2.45) is 10.8 Å². The molecule has 0 unspecified atom stereocenters. The zero-order valence-electron chi connectivity index (χ0n) is 11.7. The first-order chi connectivity index (χ1) is 8.18. The summed E-state index contributed by atoms with van der Waals surface area (Å²) in [5.74, 6) is 0.00653. The lowest BCUT2D eigenvalue weighted by Gasteiger charge is -2.09. The van der Waals surface area contributed by atoms with Crippen LogP contribution in [0.2, 0.25) is 0 Å². The highest BCUT2D eigenvalue weighted by Crippen LogP contribution is 2.62. The molecule has 0 heterocycles. The normalized spacial score (nSPS) is 20.6. The van der Waals surface area contributed by atoms with E-state index in [1.54, 1.807) is 0 Å². The minimum absolute atomic E-state index is 0.00653. The zero-order chi connectivity index (χ0) is 13.7. The number of aryl methyl sites for hydroxylation is 1. The van der Waals surface area contributed by atoms with Crippen molar-refractivity contribution in [2.45, 2.75) is 45.6 Å². The van der Waals surface area contributed by atoms with Crippen molar-refractivity contribution < 1.29 is 4.79 Å². The van der Waals surface area contributed by atoms with Gasteiger partial charge in [-0.1, -0.05) is 33.8 Å². The van der Waals surface area contributed by atoms with E-state index in [0.29, 0.717) is 0 Å². The minimum Gasteiger partial charge on any atom is -0.348 e. The summed E-state index contributed by atoms with van der Waals surface area (Å²) in [6.45, 7) is 10.7. The molecular formula is C15H21NOS. The Morgan fingerprint density at radius 1 is 1.22 bits per heavy atom. The lowest BCUT2D eigenvalue weighted by Crippen LogP contribution is -2.30. The van der Waals surface area contributed by atoms with Crippen LogP contribution in [0.4, 0.5) is 0 Å². The van der Waals surface area contributed by atoms with Crippen molar-refractivity contribution in [3.8, 4) is 0 Å². The van der Waals surface area contributed by atoms with Crippen LogP contribution in [0.15, 0.2) is 23.1 Å².